The van der Waals surface area contributed by atoms with E-state index in [9.17, 15) is 4.79 Å². The van der Waals surface area contributed by atoms with Gasteiger partial charge in [-0.05, 0) is 22.3 Å². The van der Waals surface area contributed by atoms with Crippen LogP contribution < -0.4 is 17.0 Å². The van der Waals surface area contributed by atoms with Crippen LogP contribution >= 0.6 is 0 Å². The molecule has 4 nitrogen and oxygen atoms in total. The Morgan fingerprint density at radius 2 is 1.57 bits per heavy atom. The van der Waals surface area contributed by atoms with Gasteiger partial charge in [0.25, 0.3) is 5.91 Å². The zero-order chi connectivity index (χ0) is 15.0. The fourth-order valence-electron chi connectivity index (χ4n) is 3.31. The van der Waals surface area contributed by atoms with Gasteiger partial charge in [0, 0.05) is 6.04 Å². The van der Waals surface area contributed by atoms with E-state index < -0.39 is 11.5 Å². The molecule has 0 heterocycles. The third kappa shape index (κ3) is 1.60. The minimum atomic E-state index is -1.04. The molecule has 0 bridgehead atoms. The van der Waals surface area contributed by atoms with Gasteiger partial charge in [-0.25, -0.2) is 5.84 Å². The van der Waals surface area contributed by atoms with Crippen LogP contribution in [-0.2, 0) is 10.2 Å². The lowest BCUT2D eigenvalue weighted by molar-refractivity contribution is -0.125. The van der Waals surface area contributed by atoms with Crippen LogP contribution in [0.5, 0.6) is 0 Å². The minimum Gasteiger partial charge on any atom is -0.323 e. The lowest BCUT2D eigenvalue weighted by atomic mass is 9.71. The second-order valence-corrected chi connectivity index (χ2v) is 5.13. The van der Waals surface area contributed by atoms with E-state index in [2.05, 4.69) is 12.0 Å². The molecule has 1 amide bonds. The standard InChI is InChI=1S/C17H17N3O/c1-2-15(18)17(16(21)20-19)13-9-5-3-7-11(13)12-8-4-6-10-14(12)17/h2-10,15H,1,18-19H2,(H,20,21). The summed E-state index contributed by atoms with van der Waals surface area (Å²) in [5.41, 5.74) is 11.3. The van der Waals surface area contributed by atoms with Crippen molar-refractivity contribution >= 4 is 5.91 Å². The average Bonchev–Trinajstić information content (AvgIpc) is 2.85. The zero-order valence-corrected chi connectivity index (χ0v) is 11.5. The molecule has 21 heavy (non-hydrogen) atoms. The molecular weight excluding hydrogens is 262 g/mol. The summed E-state index contributed by atoms with van der Waals surface area (Å²) >= 11 is 0. The van der Waals surface area contributed by atoms with Crippen molar-refractivity contribution in [2.75, 3.05) is 0 Å². The molecule has 1 atom stereocenters. The molecule has 1 aliphatic rings. The molecule has 0 spiro atoms. The van der Waals surface area contributed by atoms with Gasteiger partial charge < -0.3 is 5.73 Å². The van der Waals surface area contributed by atoms with Crippen molar-refractivity contribution < 1.29 is 4.79 Å². The minimum absolute atomic E-state index is 0.327. The smallest absolute Gasteiger partial charge is 0.250 e. The number of amides is 1. The average molecular weight is 279 g/mol. The van der Waals surface area contributed by atoms with Crippen LogP contribution in [0.4, 0.5) is 0 Å². The Labute approximate surface area is 123 Å². The first-order valence-electron chi connectivity index (χ1n) is 6.76. The molecule has 106 valence electrons. The Morgan fingerprint density at radius 3 is 2.00 bits per heavy atom. The summed E-state index contributed by atoms with van der Waals surface area (Å²) in [7, 11) is 0. The molecule has 2 aromatic rings. The fraction of sp³-hybridized carbons (Fsp3) is 0.118. The topological polar surface area (TPSA) is 81.1 Å². The monoisotopic (exact) mass is 279 g/mol. The van der Waals surface area contributed by atoms with Gasteiger partial charge in [-0.3, -0.25) is 10.2 Å². The zero-order valence-electron chi connectivity index (χ0n) is 11.5. The van der Waals surface area contributed by atoms with Gasteiger partial charge in [0.2, 0.25) is 0 Å². The predicted molar refractivity (Wildman–Crippen MR) is 83.2 cm³/mol. The molecule has 1 aliphatic carbocycles. The Hall–Kier alpha value is -2.43. The summed E-state index contributed by atoms with van der Waals surface area (Å²) in [6.07, 6.45) is 1.59. The summed E-state index contributed by atoms with van der Waals surface area (Å²) in [6.45, 7) is 3.77. The maximum Gasteiger partial charge on any atom is 0.250 e. The van der Waals surface area contributed by atoms with Crippen LogP contribution in [0.1, 0.15) is 11.1 Å². The SMILES string of the molecule is C=CC(N)C1(C(=O)NN)c2ccccc2-c2ccccc21. The van der Waals surface area contributed by atoms with Crippen LogP contribution in [-0.4, -0.2) is 11.9 Å². The van der Waals surface area contributed by atoms with E-state index in [-0.39, 0.29) is 5.91 Å². The Morgan fingerprint density at radius 1 is 1.10 bits per heavy atom. The first kappa shape index (κ1) is 13.5. The highest BCUT2D eigenvalue weighted by Gasteiger charge is 2.52. The number of benzene rings is 2. The van der Waals surface area contributed by atoms with Crippen LogP contribution in [0.2, 0.25) is 0 Å². The molecular formula is C17H17N3O. The molecule has 5 N–H and O–H groups in total. The normalized spacial score (nSPS) is 15.7. The van der Waals surface area contributed by atoms with Crippen molar-refractivity contribution in [1.82, 2.24) is 5.43 Å². The van der Waals surface area contributed by atoms with Gasteiger partial charge >= 0.3 is 0 Å². The van der Waals surface area contributed by atoms with Crippen LogP contribution in [0.3, 0.4) is 0 Å². The maximum absolute atomic E-state index is 12.7. The maximum atomic E-state index is 12.7. The summed E-state index contributed by atoms with van der Waals surface area (Å²) in [4.78, 5) is 12.7. The van der Waals surface area contributed by atoms with Crippen molar-refractivity contribution in [3.05, 3.63) is 72.3 Å². The van der Waals surface area contributed by atoms with Crippen LogP contribution in [0.25, 0.3) is 11.1 Å². The summed E-state index contributed by atoms with van der Waals surface area (Å²) in [6, 6.07) is 15.0. The second-order valence-electron chi connectivity index (χ2n) is 5.13. The van der Waals surface area contributed by atoms with Crippen LogP contribution in [0.15, 0.2) is 61.2 Å². The number of rotatable bonds is 3. The predicted octanol–water partition coefficient (Wildman–Crippen LogP) is 1.46. The number of hydrazine groups is 1. The number of carbonyl (C=O) groups is 1. The van der Waals surface area contributed by atoms with Crippen molar-refractivity contribution in [3.8, 4) is 11.1 Å². The van der Waals surface area contributed by atoms with Gasteiger partial charge in [-0.2, -0.15) is 0 Å². The second kappa shape index (κ2) is 4.84. The third-order valence-electron chi connectivity index (χ3n) is 4.24. The highest BCUT2D eigenvalue weighted by molar-refractivity contribution is 6.01. The first-order chi connectivity index (χ1) is 10.2. The van der Waals surface area contributed by atoms with Gasteiger partial charge in [-0.1, -0.05) is 54.6 Å². The van der Waals surface area contributed by atoms with E-state index in [1.54, 1.807) is 6.08 Å². The molecule has 0 radical (unpaired) electrons. The van der Waals surface area contributed by atoms with Crippen molar-refractivity contribution in [2.45, 2.75) is 11.5 Å². The third-order valence-corrected chi connectivity index (χ3v) is 4.24. The van der Waals surface area contributed by atoms with Crippen molar-refractivity contribution in [2.24, 2.45) is 11.6 Å². The van der Waals surface area contributed by atoms with E-state index in [0.717, 1.165) is 22.3 Å². The number of nitrogens with two attached hydrogens (primary N) is 2. The van der Waals surface area contributed by atoms with Gasteiger partial charge in [0.05, 0.1) is 0 Å². The molecule has 0 saturated carbocycles. The highest BCUT2D eigenvalue weighted by Crippen LogP contribution is 2.50. The Balaban J connectivity index is 2.43. The Kier molecular flexibility index (Phi) is 3.12. The Bertz CT molecular complexity index is 678. The fourth-order valence-corrected chi connectivity index (χ4v) is 3.31. The summed E-state index contributed by atoms with van der Waals surface area (Å²) in [5, 5.41) is 0. The van der Waals surface area contributed by atoms with Crippen LogP contribution in [0, 0.1) is 0 Å². The summed E-state index contributed by atoms with van der Waals surface area (Å²) in [5.74, 6) is 5.13. The van der Waals surface area contributed by atoms with E-state index >= 15 is 0 Å². The number of fused-ring (bicyclic) bond motifs is 3. The lowest BCUT2D eigenvalue weighted by Crippen LogP contribution is -2.56. The molecule has 0 saturated heterocycles. The number of hydrogen-bond donors (Lipinski definition) is 3. The number of carbonyl (C=O) groups excluding carboxylic acids is 1. The molecule has 0 fully saturated rings. The van der Waals surface area contributed by atoms with Gasteiger partial charge in [0.1, 0.15) is 5.41 Å². The number of hydrogen-bond acceptors (Lipinski definition) is 3. The highest BCUT2D eigenvalue weighted by atomic mass is 16.2. The van der Waals surface area contributed by atoms with E-state index in [0.29, 0.717) is 0 Å². The molecule has 1 unspecified atom stereocenters. The van der Waals surface area contributed by atoms with Gasteiger partial charge in [-0.15, -0.1) is 6.58 Å². The van der Waals surface area contributed by atoms with Crippen molar-refractivity contribution in [3.63, 3.8) is 0 Å². The van der Waals surface area contributed by atoms with E-state index in [4.69, 9.17) is 11.6 Å². The largest absolute Gasteiger partial charge is 0.323 e. The molecule has 0 aromatic heterocycles. The number of nitrogens with one attached hydrogen (secondary N) is 1. The van der Waals surface area contributed by atoms with E-state index in [1.165, 1.54) is 0 Å². The molecule has 0 aliphatic heterocycles. The van der Waals surface area contributed by atoms with Crippen molar-refractivity contribution in [1.29, 1.82) is 0 Å². The molecule has 3 rings (SSSR count). The first-order valence-corrected chi connectivity index (χ1v) is 6.76. The lowest BCUT2D eigenvalue weighted by Gasteiger charge is -2.33. The quantitative estimate of drug-likeness (QED) is 0.344. The molecule has 4 heteroatoms. The van der Waals surface area contributed by atoms with Gasteiger partial charge in [0.15, 0.2) is 0 Å². The molecule has 2 aromatic carbocycles. The summed E-state index contributed by atoms with van der Waals surface area (Å²) < 4.78 is 0. The van der Waals surface area contributed by atoms with E-state index in [1.807, 2.05) is 48.5 Å².